The number of nitrogens with two attached hydrogens (primary N) is 1. The van der Waals surface area contributed by atoms with Crippen LogP contribution in [-0.4, -0.2) is 15.4 Å². The lowest BCUT2D eigenvalue weighted by Gasteiger charge is -2.06. The zero-order chi connectivity index (χ0) is 14.3. The van der Waals surface area contributed by atoms with E-state index in [0.29, 0.717) is 38.4 Å². The maximum atomic E-state index is 6.23. The third kappa shape index (κ3) is 1.95. The molecular weight excluding hydrogens is 299 g/mol. The van der Waals surface area contributed by atoms with Crippen molar-refractivity contribution < 1.29 is 4.52 Å². The van der Waals surface area contributed by atoms with E-state index in [4.69, 9.17) is 33.5 Å². The zero-order valence-corrected chi connectivity index (χ0v) is 12.0. The number of rotatable bonds is 2. The van der Waals surface area contributed by atoms with Crippen molar-refractivity contribution in [1.29, 1.82) is 0 Å². The van der Waals surface area contributed by atoms with Gasteiger partial charge in [-0.2, -0.15) is 5.10 Å². The average molecular weight is 309 g/mol. The van der Waals surface area contributed by atoms with E-state index < -0.39 is 0 Å². The van der Waals surface area contributed by atoms with Gasteiger partial charge in [0.1, 0.15) is 17.3 Å². The standard InChI is InChI=1S/C13H10Cl2N4O/c1-6-10(7-5-17-18-13(7)16)12(19-20-6)11-8(14)3-2-4-9(11)15/h2-5H,1H3,(H3,16,17,18). The highest BCUT2D eigenvalue weighted by molar-refractivity contribution is 6.39. The first-order valence-electron chi connectivity index (χ1n) is 5.79. The Balaban J connectivity index is 2.30. The SMILES string of the molecule is Cc1onc(-c2c(Cl)cccc2Cl)c1-c1cn[nH]c1N. The van der Waals surface area contributed by atoms with Crippen LogP contribution in [0.3, 0.4) is 0 Å². The first-order chi connectivity index (χ1) is 9.59. The molecule has 0 saturated heterocycles. The van der Waals surface area contributed by atoms with Gasteiger partial charge in [-0.3, -0.25) is 5.10 Å². The number of hydrogen-bond donors (Lipinski definition) is 2. The molecule has 0 amide bonds. The number of aryl methyl sites for hydroxylation is 1. The summed E-state index contributed by atoms with van der Waals surface area (Å²) < 4.78 is 5.27. The van der Waals surface area contributed by atoms with Gasteiger partial charge in [-0.15, -0.1) is 0 Å². The fraction of sp³-hybridized carbons (Fsp3) is 0.0769. The molecule has 0 aliphatic carbocycles. The number of benzene rings is 1. The molecule has 0 unspecified atom stereocenters. The smallest absolute Gasteiger partial charge is 0.142 e. The van der Waals surface area contributed by atoms with Crippen LogP contribution in [-0.2, 0) is 0 Å². The molecule has 2 heterocycles. The van der Waals surface area contributed by atoms with Crippen LogP contribution in [0.5, 0.6) is 0 Å². The molecule has 7 heteroatoms. The highest BCUT2D eigenvalue weighted by Gasteiger charge is 2.23. The van der Waals surface area contributed by atoms with Crippen molar-refractivity contribution in [2.75, 3.05) is 5.73 Å². The van der Waals surface area contributed by atoms with Crippen molar-refractivity contribution in [3.05, 3.63) is 40.2 Å². The van der Waals surface area contributed by atoms with Crippen LogP contribution < -0.4 is 5.73 Å². The van der Waals surface area contributed by atoms with E-state index in [1.54, 1.807) is 31.3 Å². The Labute approximate surface area is 124 Å². The van der Waals surface area contributed by atoms with E-state index in [9.17, 15) is 0 Å². The number of anilines is 1. The van der Waals surface area contributed by atoms with Gasteiger partial charge in [0.15, 0.2) is 0 Å². The molecule has 3 aromatic rings. The number of nitrogens with one attached hydrogen (secondary N) is 1. The molecule has 3 rings (SSSR count). The molecule has 1 aromatic carbocycles. The van der Waals surface area contributed by atoms with Crippen LogP contribution in [0.15, 0.2) is 28.9 Å². The van der Waals surface area contributed by atoms with Crippen molar-refractivity contribution >= 4 is 29.0 Å². The molecule has 0 spiro atoms. The third-order valence-electron chi connectivity index (χ3n) is 3.00. The Hall–Kier alpha value is -1.98. The second-order valence-electron chi connectivity index (χ2n) is 4.26. The van der Waals surface area contributed by atoms with Crippen LogP contribution in [0.25, 0.3) is 22.4 Å². The first-order valence-corrected chi connectivity index (χ1v) is 6.55. The van der Waals surface area contributed by atoms with Crippen molar-refractivity contribution in [3.63, 3.8) is 0 Å². The average Bonchev–Trinajstić information content (AvgIpc) is 2.96. The molecule has 3 N–H and O–H groups in total. The maximum absolute atomic E-state index is 6.23. The molecule has 2 aromatic heterocycles. The highest BCUT2D eigenvalue weighted by atomic mass is 35.5. The summed E-state index contributed by atoms with van der Waals surface area (Å²) in [4.78, 5) is 0. The Kier molecular flexibility index (Phi) is 3.16. The predicted molar refractivity (Wildman–Crippen MR) is 78.7 cm³/mol. The largest absolute Gasteiger partial charge is 0.384 e. The predicted octanol–water partition coefficient (Wildman–Crippen LogP) is 3.93. The van der Waals surface area contributed by atoms with Crippen LogP contribution in [0.2, 0.25) is 10.0 Å². The zero-order valence-electron chi connectivity index (χ0n) is 10.4. The summed E-state index contributed by atoms with van der Waals surface area (Å²) in [6, 6.07) is 5.26. The quantitative estimate of drug-likeness (QED) is 0.751. The molecule has 0 aliphatic heterocycles. The summed E-state index contributed by atoms with van der Waals surface area (Å²) >= 11 is 12.5. The van der Waals surface area contributed by atoms with E-state index in [1.165, 1.54) is 0 Å². The van der Waals surface area contributed by atoms with Crippen molar-refractivity contribution in [2.24, 2.45) is 0 Å². The van der Waals surface area contributed by atoms with Crippen molar-refractivity contribution in [3.8, 4) is 22.4 Å². The number of nitrogen functional groups attached to an aromatic ring is 1. The number of nitrogens with zero attached hydrogens (tertiary/aromatic N) is 2. The molecule has 0 aliphatic rings. The van der Waals surface area contributed by atoms with Gasteiger partial charge >= 0.3 is 0 Å². The Bertz CT molecular complexity index is 758. The third-order valence-corrected chi connectivity index (χ3v) is 3.63. The number of halogens is 2. The van der Waals surface area contributed by atoms with E-state index in [-0.39, 0.29) is 0 Å². The Morgan fingerprint density at radius 2 is 1.90 bits per heavy atom. The van der Waals surface area contributed by atoms with Crippen LogP contribution >= 0.6 is 23.2 Å². The van der Waals surface area contributed by atoms with Gasteiger partial charge in [-0.1, -0.05) is 34.4 Å². The summed E-state index contributed by atoms with van der Waals surface area (Å²) in [5.74, 6) is 1.05. The molecule has 5 nitrogen and oxygen atoms in total. The minimum Gasteiger partial charge on any atom is -0.384 e. The second-order valence-corrected chi connectivity index (χ2v) is 5.07. The Morgan fingerprint density at radius 1 is 1.20 bits per heavy atom. The summed E-state index contributed by atoms with van der Waals surface area (Å²) in [6.45, 7) is 1.79. The van der Waals surface area contributed by atoms with Gasteiger partial charge in [0.25, 0.3) is 0 Å². The minimum atomic E-state index is 0.431. The summed E-state index contributed by atoms with van der Waals surface area (Å²) in [7, 11) is 0. The fourth-order valence-corrected chi connectivity index (χ4v) is 2.66. The van der Waals surface area contributed by atoms with E-state index in [2.05, 4.69) is 15.4 Å². The van der Waals surface area contributed by atoms with Crippen LogP contribution in [0.4, 0.5) is 5.82 Å². The van der Waals surface area contributed by atoms with Gasteiger partial charge in [0.2, 0.25) is 0 Å². The topological polar surface area (TPSA) is 80.7 Å². The number of aromatic nitrogens is 3. The lowest BCUT2D eigenvalue weighted by atomic mass is 10.0. The normalized spacial score (nSPS) is 10.9. The summed E-state index contributed by atoms with van der Waals surface area (Å²) in [6.07, 6.45) is 1.61. The lowest BCUT2D eigenvalue weighted by Crippen LogP contribution is -1.90. The fourth-order valence-electron chi connectivity index (χ4n) is 2.08. The lowest BCUT2D eigenvalue weighted by molar-refractivity contribution is 0.400. The van der Waals surface area contributed by atoms with Gasteiger partial charge in [0, 0.05) is 11.1 Å². The van der Waals surface area contributed by atoms with Crippen molar-refractivity contribution in [2.45, 2.75) is 6.92 Å². The molecule has 102 valence electrons. The molecule has 20 heavy (non-hydrogen) atoms. The van der Waals surface area contributed by atoms with Gasteiger partial charge < -0.3 is 10.3 Å². The van der Waals surface area contributed by atoms with Gasteiger partial charge in [-0.25, -0.2) is 0 Å². The second kappa shape index (κ2) is 4.85. The molecule has 0 radical (unpaired) electrons. The first kappa shape index (κ1) is 13.0. The van der Waals surface area contributed by atoms with Crippen LogP contribution in [0.1, 0.15) is 5.76 Å². The number of aromatic amines is 1. The summed E-state index contributed by atoms with van der Waals surface area (Å²) in [5.41, 5.74) is 8.46. The van der Waals surface area contributed by atoms with E-state index in [0.717, 1.165) is 5.56 Å². The van der Waals surface area contributed by atoms with Crippen molar-refractivity contribution in [1.82, 2.24) is 15.4 Å². The molecule has 0 fully saturated rings. The van der Waals surface area contributed by atoms with Gasteiger partial charge in [-0.05, 0) is 19.1 Å². The molecular formula is C13H10Cl2N4O. The number of H-pyrrole nitrogens is 1. The molecule has 0 bridgehead atoms. The summed E-state index contributed by atoms with van der Waals surface area (Å²) in [5, 5.41) is 11.7. The van der Waals surface area contributed by atoms with E-state index in [1.807, 2.05) is 0 Å². The van der Waals surface area contributed by atoms with Gasteiger partial charge in [0.05, 0.1) is 21.8 Å². The highest BCUT2D eigenvalue weighted by Crippen LogP contribution is 2.41. The Morgan fingerprint density at radius 3 is 2.50 bits per heavy atom. The molecule has 0 atom stereocenters. The minimum absolute atomic E-state index is 0.431. The monoisotopic (exact) mass is 308 g/mol. The maximum Gasteiger partial charge on any atom is 0.142 e. The number of hydrogen-bond acceptors (Lipinski definition) is 4. The molecule has 0 saturated carbocycles. The van der Waals surface area contributed by atoms with E-state index >= 15 is 0 Å². The van der Waals surface area contributed by atoms with Crippen LogP contribution in [0, 0.1) is 6.92 Å².